The molecule has 0 amide bonds. The Bertz CT molecular complexity index is 431. The first-order valence-corrected chi connectivity index (χ1v) is 5.99. The van der Waals surface area contributed by atoms with Crippen LogP contribution in [0.5, 0.6) is 0 Å². The van der Waals surface area contributed by atoms with Crippen molar-refractivity contribution in [3.05, 3.63) is 33.0 Å². The standard InChI is InChI=1S/C10H11BrN2S/c1-6-4-5-7(2)13(6)10-12-8(3)9(11)14-10/h4-5H,1-3H3. The van der Waals surface area contributed by atoms with Crippen LogP contribution in [-0.4, -0.2) is 9.55 Å². The third kappa shape index (κ3) is 1.53. The number of hydrogen-bond donors (Lipinski definition) is 0. The molecule has 0 fully saturated rings. The van der Waals surface area contributed by atoms with Crippen molar-refractivity contribution in [3.63, 3.8) is 0 Å². The Labute approximate surface area is 95.7 Å². The molecule has 0 aliphatic heterocycles. The van der Waals surface area contributed by atoms with Crippen molar-refractivity contribution in [2.24, 2.45) is 0 Å². The van der Waals surface area contributed by atoms with Crippen molar-refractivity contribution in [1.82, 2.24) is 9.55 Å². The maximum Gasteiger partial charge on any atom is 0.195 e. The summed E-state index contributed by atoms with van der Waals surface area (Å²) in [4.78, 5) is 4.51. The van der Waals surface area contributed by atoms with Gasteiger partial charge in [-0.15, -0.1) is 0 Å². The Morgan fingerprint density at radius 2 is 1.79 bits per heavy atom. The van der Waals surface area contributed by atoms with Gasteiger partial charge < -0.3 is 0 Å². The Balaban J connectivity index is 2.59. The summed E-state index contributed by atoms with van der Waals surface area (Å²) in [7, 11) is 0. The average Bonchev–Trinajstić information content (AvgIpc) is 2.59. The Morgan fingerprint density at radius 3 is 2.21 bits per heavy atom. The first kappa shape index (κ1) is 9.93. The van der Waals surface area contributed by atoms with Gasteiger partial charge in [0.05, 0.1) is 9.48 Å². The fraction of sp³-hybridized carbons (Fsp3) is 0.300. The van der Waals surface area contributed by atoms with Crippen LogP contribution in [0.1, 0.15) is 17.1 Å². The van der Waals surface area contributed by atoms with E-state index in [0.717, 1.165) is 14.6 Å². The molecule has 4 heteroatoms. The zero-order valence-corrected chi connectivity index (χ0v) is 10.7. The van der Waals surface area contributed by atoms with E-state index >= 15 is 0 Å². The summed E-state index contributed by atoms with van der Waals surface area (Å²) >= 11 is 5.16. The quantitative estimate of drug-likeness (QED) is 0.774. The summed E-state index contributed by atoms with van der Waals surface area (Å²) in [5.74, 6) is 0. The molecule has 74 valence electrons. The van der Waals surface area contributed by atoms with Gasteiger partial charge in [0.1, 0.15) is 0 Å². The summed E-state index contributed by atoms with van der Waals surface area (Å²) < 4.78 is 3.28. The minimum atomic E-state index is 1.04. The number of rotatable bonds is 1. The summed E-state index contributed by atoms with van der Waals surface area (Å²) in [6.45, 7) is 6.20. The number of hydrogen-bond acceptors (Lipinski definition) is 2. The van der Waals surface area contributed by atoms with Crippen LogP contribution in [0.4, 0.5) is 0 Å². The van der Waals surface area contributed by atoms with Crippen LogP contribution in [0.2, 0.25) is 0 Å². The lowest BCUT2D eigenvalue weighted by atomic mass is 10.5. The molecule has 0 saturated carbocycles. The number of halogens is 1. The first-order chi connectivity index (χ1) is 6.59. The molecule has 2 aromatic heterocycles. The molecular formula is C10H11BrN2S. The fourth-order valence-electron chi connectivity index (χ4n) is 1.43. The van der Waals surface area contributed by atoms with Gasteiger partial charge in [-0.2, -0.15) is 0 Å². The lowest BCUT2D eigenvalue weighted by Crippen LogP contribution is -1.97. The predicted octanol–water partition coefficient (Wildman–Crippen LogP) is 3.62. The number of nitrogens with zero attached hydrogens (tertiary/aromatic N) is 2. The highest BCUT2D eigenvalue weighted by molar-refractivity contribution is 9.11. The Morgan fingerprint density at radius 1 is 1.21 bits per heavy atom. The zero-order valence-electron chi connectivity index (χ0n) is 8.34. The largest absolute Gasteiger partial charge is 0.295 e. The molecule has 0 aliphatic rings. The molecule has 0 unspecified atom stereocenters. The van der Waals surface area contributed by atoms with Crippen LogP contribution in [0.25, 0.3) is 5.13 Å². The molecule has 2 rings (SSSR count). The van der Waals surface area contributed by atoms with Gasteiger partial charge >= 0.3 is 0 Å². The van der Waals surface area contributed by atoms with Gasteiger partial charge in [-0.25, -0.2) is 4.98 Å². The summed E-state index contributed by atoms with van der Waals surface area (Å²) in [5.41, 5.74) is 3.50. The molecular weight excluding hydrogens is 260 g/mol. The second-order valence-corrected chi connectivity index (χ2v) is 5.60. The minimum Gasteiger partial charge on any atom is -0.295 e. The molecule has 0 bridgehead atoms. The SMILES string of the molecule is Cc1nc(-n2c(C)ccc2C)sc1Br. The average molecular weight is 271 g/mol. The maximum absolute atomic E-state index is 4.51. The highest BCUT2D eigenvalue weighted by atomic mass is 79.9. The van der Waals surface area contributed by atoms with Crippen LogP contribution in [0, 0.1) is 20.8 Å². The van der Waals surface area contributed by atoms with Gasteiger partial charge in [0.2, 0.25) is 0 Å². The van der Waals surface area contributed by atoms with Crippen LogP contribution >= 0.6 is 27.3 Å². The van der Waals surface area contributed by atoms with Gasteiger partial charge in [-0.05, 0) is 48.8 Å². The van der Waals surface area contributed by atoms with Crippen molar-refractivity contribution >= 4 is 27.3 Å². The normalized spacial score (nSPS) is 10.9. The van der Waals surface area contributed by atoms with E-state index in [9.17, 15) is 0 Å². The molecule has 0 N–H and O–H groups in total. The molecule has 0 radical (unpaired) electrons. The van der Waals surface area contributed by atoms with E-state index in [2.05, 4.69) is 51.5 Å². The summed E-state index contributed by atoms with van der Waals surface area (Å²) in [6, 6.07) is 4.22. The highest BCUT2D eigenvalue weighted by Gasteiger charge is 2.09. The third-order valence-corrected chi connectivity index (χ3v) is 4.18. The topological polar surface area (TPSA) is 17.8 Å². The number of aromatic nitrogens is 2. The number of thiazole rings is 1. The van der Waals surface area contributed by atoms with Gasteiger partial charge in [0.15, 0.2) is 5.13 Å². The van der Waals surface area contributed by atoms with Crippen LogP contribution in [0.3, 0.4) is 0 Å². The Hall–Kier alpha value is -0.610. The monoisotopic (exact) mass is 270 g/mol. The molecule has 0 spiro atoms. The van der Waals surface area contributed by atoms with Crippen molar-refractivity contribution in [2.45, 2.75) is 20.8 Å². The van der Waals surface area contributed by atoms with E-state index in [1.54, 1.807) is 11.3 Å². The molecule has 0 saturated heterocycles. The van der Waals surface area contributed by atoms with Gasteiger partial charge in [-0.1, -0.05) is 11.3 Å². The van der Waals surface area contributed by atoms with E-state index in [0.29, 0.717) is 0 Å². The van der Waals surface area contributed by atoms with Crippen molar-refractivity contribution in [3.8, 4) is 5.13 Å². The predicted molar refractivity (Wildman–Crippen MR) is 63.4 cm³/mol. The molecule has 0 atom stereocenters. The lowest BCUT2D eigenvalue weighted by Gasteiger charge is -2.03. The van der Waals surface area contributed by atoms with Crippen molar-refractivity contribution in [1.29, 1.82) is 0 Å². The first-order valence-electron chi connectivity index (χ1n) is 4.38. The fourth-order valence-corrected chi connectivity index (χ4v) is 2.87. The lowest BCUT2D eigenvalue weighted by molar-refractivity contribution is 0.943. The zero-order chi connectivity index (χ0) is 10.3. The number of aryl methyl sites for hydroxylation is 3. The molecule has 0 aromatic carbocycles. The van der Waals surface area contributed by atoms with E-state index in [-0.39, 0.29) is 0 Å². The van der Waals surface area contributed by atoms with Crippen LogP contribution < -0.4 is 0 Å². The molecule has 14 heavy (non-hydrogen) atoms. The third-order valence-electron chi connectivity index (χ3n) is 2.19. The van der Waals surface area contributed by atoms with Crippen LogP contribution in [0.15, 0.2) is 15.9 Å². The van der Waals surface area contributed by atoms with E-state index in [1.165, 1.54) is 11.4 Å². The van der Waals surface area contributed by atoms with Crippen molar-refractivity contribution < 1.29 is 0 Å². The van der Waals surface area contributed by atoms with E-state index in [4.69, 9.17) is 0 Å². The smallest absolute Gasteiger partial charge is 0.195 e. The summed E-state index contributed by atoms with van der Waals surface area (Å²) in [5, 5.41) is 1.04. The second kappa shape index (κ2) is 3.51. The minimum absolute atomic E-state index is 1.04. The van der Waals surface area contributed by atoms with Crippen LogP contribution in [-0.2, 0) is 0 Å². The van der Waals surface area contributed by atoms with Gasteiger partial charge in [0.25, 0.3) is 0 Å². The molecule has 2 heterocycles. The molecule has 2 nitrogen and oxygen atoms in total. The second-order valence-electron chi connectivity index (χ2n) is 3.31. The molecule has 0 aliphatic carbocycles. The maximum atomic E-state index is 4.51. The van der Waals surface area contributed by atoms with E-state index < -0.39 is 0 Å². The Kier molecular flexibility index (Phi) is 2.49. The van der Waals surface area contributed by atoms with Gasteiger partial charge in [0, 0.05) is 11.4 Å². The highest BCUT2D eigenvalue weighted by Crippen LogP contribution is 2.28. The van der Waals surface area contributed by atoms with Crippen molar-refractivity contribution in [2.75, 3.05) is 0 Å². The summed E-state index contributed by atoms with van der Waals surface area (Å²) in [6.07, 6.45) is 0. The molecule has 2 aromatic rings. The van der Waals surface area contributed by atoms with Gasteiger partial charge in [-0.3, -0.25) is 4.57 Å². The van der Waals surface area contributed by atoms with E-state index in [1.807, 2.05) is 6.92 Å².